The van der Waals surface area contributed by atoms with Gasteiger partial charge in [-0.3, -0.25) is 10.1 Å². The molecule has 0 heterocycles. The van der Waals surface area contributed by atoms with Crippen LogP contribution in [-0.2, 0) is 0 Å². The molecule has 164 valence electrons. The quantitative estimate of drug-likeness (QED) is 0.272. The summed E-state index contributed by atoms with van der Waals surface area (Å²) >= 11 is 0. The third-order valence-corrected chi connectivity index (χ3v) is 4.89. The third-order valence-electron chi connectivity index (χ3n) is 4.89. The van der Waals surface area contributed by atoms with Crippen molar-refractivity contribution in [1.29, 1.82) is 0 Å². The van der Waals surface area contributed by atoms with Crippen LogP contribution in [0.15, 0.2) is 53.6 Å². The van der Waals surface area contributed by atoms with Crippen LogP contribution in [-0.4, -0.2) is 36.4 Å². The van der Waals surface area contributed by atoms with Gasteiger partial charge in [0.05, 0.1) is 11.1 Å². The number of non-ortho nitro benzene ring substituents is 1. The Labute approximate surface area is 180 Å². The summed E-state index contributed by atoms with van der Waals surface area (Å²) in [5.74, 6) is 1.13. The monoisotopic (exact) mass is 426 g/mol. The van der Waals surface area contributed by atoms with E-state index in [0.29, 0.717) is 11.5 Å². The molecule has 0 bridgehead atoms. The van der Waals surface area contributed by atoms with Crippen molar-refractivity contribution in [3.63, 3.8) is 0 Å². The number of hydrogen-bond donors (Lipinski definition) is 2. The second-order valence-corrected chi connectivity index (χ2v) is 7.16. The smallest absolute Gasteiger partial charge is 0.335 e. The molecule has 9 heteroatoms. The summed E-state index contributed by atoms with van der Waals surface area (Å²) in [7, 11) is 0. The van der Waals surface area contributed by atoms with Gasteiger partial charge in [0.15, 0.2) is 0 Å². The van der Waals surface area contributed by atoms with Gasteiger partial charge in [-0.25, -0.2) is 10.2 Å². The van der Waals surface area contributed by atoms with Crippen molar-refractivity contribution in [2.75, 3.05) is 13.2 Å². The van der Waals surface area contributed by atoms with E-state index in [0.717, 1.165) is 31.2 Å². The van der Waals surface area contributed by atoms with Crippen LogP contribution in [0.2, 0.25) is 0 Å². The minimum absolute atomic E-state index is 0.0119. The van der Waals surface area contributed by atoms with E-state index in [1.165, 1.54) is 24.8 Å². The Balaban J connectivity index is 1.43. The Morgan fingerprint density at radius 2 is 1.77 bits per heavy atom. The molecule has 2 amide bonds. The standard InChI is InChI=1S/C22H26N4O5/c27-22(24-18-7-2-1-3-8-18)25-23-16-17-6-4-5-9-21(17)31-15-14-30-20-12-10-19(11-13-20)26(28)29/h4-6,9-13,16,18H,1-3,7-8,14-15H2,(H2,24,25,27)/b23-16-. The number of carbonyl (C=O) groups excluding carboxylic acids is 1. The van der Waals surface area contributed by atoms with Gasteiger partial charge in [0, 0.05) is 23.7 Å². The maximum atomic E-state index is 12.0. The summed E-state index contributed by atoms with van der Waals surface area (Å²) in [5.41, 5.74) is 3.23. The summed E-state index contributed by atoms with van der Waals surface area (Å²) in [4.78, 5) is 22.2. The highest BCUT2D eigenvalue weighted by Crippen LogP contribution is 2.19. The summed E-state index contributed by atoms with van der Waals surface area (Å²) in [6.07, 6.45) is 7.08. The predicted molar refractivity (Wildman–Crippen MR) is 117 cm³/mol. The average molecular weight is 426 g/mol. The number of para-hydroxylation sites is 1. The predicted octanol–water partition coefficient (Wildman–Crippen LogP) is 4.02. The number of nitro groups is 1. The van der Waals surface area contributed by atoms with E-state index in [4.69, 9.17) is 9.47 Å². The zero-order chi connectivity index (χ0) is 21.9. The lowest BCUT2D eigenvalue weighted by molar-refractivity contribution is -0.384. The van der Waals surface area contributed by atoms with E-state index in [-0.39, 0.29) is 31.0 Å². The zero-order valence-electron chi connectivity index (χ0n) is 17.2. The van der Waals surface area contributed by atoms with E-state index in [9.17, 15) is 14.9 Å². The summed E-state index contributed by atoms with van der Waals surface area (Å²) in [6.45, 7) is 0.544. The number of nitrogens with one attached hydrogen (secondary N) is 2. The highest BCUT2D eigenvalue weighted by molar-refractivity contribution is 5.84. The molecule has 9 nitrogen and oxygen atoms in total. The Morgan fingerprint density at radius 1 is 1.06 bits per heavy atom. The number of carbonyl (C=O) groups is 1. The van der Waals surface area contributed by atoms with Crippen LogP contribution in [0.3, 0.4) is 0 Å². The molecule has 31 heavy (non-hydrogen) atoms. The van der Waals surface area contributed by atoms with Crippen molar-refractivity contribution in [2.45, 2.75) is 38.1 Å². The highest BCUT2D eigenvalue weighted by Gasteiger charge is 2.15. The molecule has 1 fully saturated rings. The molecule has 1 aliphatic carbocycles. The number of amides is 2. The van der Waals surface area contributed by atoms with Crippen molar-refractivity contribution in [3.05, 3.63) is 64.2 Å². The van der Waals surface area contributed by atoms with Gasteiger partial charge in [-0.15, -0.1) is 0 Å². The van der Waals surface area contributed by atoms with Crippen LogP contribution in [0, 0.1) is 10.1 Å². The van der Waals surface area contributed by atoms with Gasteiger partial charge < -0.3 is 14.8 Å². The molecule has 0 unspecified atom stereocenters. The van der Waals surface area contributed by atoms with Gasteiger partial charge >= 0.3 is 6.03 Å². The van der Waals surface area contributed by atoms with Crippen LogP contribution in [0.4, 0.5) is 10.5 Å². The third kappa shape index (κ3) is 7.29. The molecular formula is C22H26N4O5. The van der Waals surface area contributed by atoms with Crippen molar-refractivity contribution in [3.8, 4) is 11.5 Å². The summed E-state index contributed by atoms with van der Waals surface area (Å²) in [5, 5.41) is 17.6. The minimum atomic E-state index is -0.458. The first-order valence-corrected chi connectivity index (χ1v) is 10.3. The molecule has 2 N–H and O–H groups in total. The second-order valence-electron chi connectivity index (χ2n) is 7.16. The normalized spacial score (nSPS) is 14.2. The van der Waals surface area contributed by atoms with E-state index >= 15 is 0 Å². The van der Waals surface area contributed by atoms with Crippen LogP contribution >= 0.6 is 0 Å². The molecule has 0 saturated heterocycles. The fourth-order valence-electron chi connectivity index (χ4n) is 3.32. The van der Waals surface area contributed by atoms with Crippen LogP contribution in [0.25, 0.3) is 0 Å². The molecule has 1 saturated carbocycles. The number of nitrogens with zero attached hydrogens (tertiary/aromatic N) is 2. The topological polar surface area (TPSA) is 115 Å². The van der Waals surface area contributed by atoms with Gasteiger partial charge in [0.2, 0.25) is 0 Å². The van der Waals surface area contributed by atoms with Gasteiger partial charge in [0.1, 0.15) is 24.7 Å². The van der Waals surface area contributed by atoms with E-state index < -0.39 is 4.92 Å². The molecule has 0 aliphatic heterocycles. The molecule has 0 spiro atoms. The van der Waals surface area contributed by atoms with Crippen molar-refractivity contribution >= 4 is 17.9 Å². The molecule has 2 aromatic rings. The SMILES string of the molecule is O=C(N/N=C\c1ccccc1OCCOc1ccc([N+](=O)[O-])cc1)NC1CCCCC1. The fraction of sp³-hybridized carbons (Fsp3) is 0.364. The second kappa shape index (κ2) is 11.5. The van der Waals surface area contributed by atoms with E-state index in [1.54, 1.807) is 18.2 Å². The first-order valence-electron chi connectivity index (χ1n) is 10.3. The van der Waals surface area contributed by atoms with Gasteiger partial charge in [-0.05, 0) is 37.1 Å². The van der Waals surface area contributed by atoms with Crippen LogP contribution < -0.4 is 20.2 Å². The fourth-order valence-corrected chi connectivity index (χ4v) is 3.32. The Kier molecular flexibility index (Phi) is 8.21. The first-order chi connectivity index (χ1) is 15.1. The van der Waals surface area contributed by atoms with Crippen molar-refractivity contribution in [2.24, 2.45) is 5.10 Å². The van der Waals surface area contributed by atoms with Crippen molar-refractivity contribution < 1.29 is 19.2 Å². The molecule has 2 aromatic carbocycles. The lowest BCUT2D eigenvalue weighted by atomic mass is 9.96. The average Bonchev–Trinajstić information content (AvgIpc) is 2.78. The number of urea groups is 1. The van der Waals surface area contributed by atoms with Crippen LogP contribution in [0.5, 0.6) is 11.5 Å². The largest absolute Gasteiger partial charge is 0.490 e. The van der Waals surface area contributed by atoms with Crippen molar-refractivity contribution in [1.82, 2.24) is 10.7 Å². The lowest BCUT2D eigenvalue weighted by Crippen LogP contribution is -2.41. The summed E-state index contributed by atoms with van der Waals surface area (Å²) < 4.78 is 11.3. The number of benzene rings is 2. The maximum Gasteiger partial charge on any atom is 0.335 e. The molecule has 0 aromatic heterocycles. The van der Waals surface area contributed by atoms with E-state index in [2.05, 4.69) is 15.8 Å². The molecule has 1 aliphatic rings. The number of hydrazone groups is 1. The molecule has 0 radical (unpaired) electrons. The molecule has 0 atom stereocenters. The zero-order valence-corrected chi connectivity index (χ0v) is 17.2. The van der Waals surface area contributed by atoms with Crippen LogP contribution in [0.1, 0.15) is 37.7 Å². The lowest BCUT2D eigenvalue weighted by Gasteiger charge is -2.22. The number of rotatable bonds is 9. The number of ether oxygens (including phenoxy) is 2. The Morgan fingerprint density at radius 3 is 2.52 bits per heavy atom. The number of hydrogen-bond acceptors (Lipinski definition) is 6. The van der Waals surface area contributed by atoms with E-state index in [1.807, 2.05) is 18.2 Å². The molecular weight excluding hydrogens is 400 g/mol. The van der Waals surface area contributed by atoms with Gasteiger partial charge in [-0.1, -0.05) is 31.4 Å². The minimum Gasteiger partial charge on any atom is -0.490 e. The highest BCUT2D eigenvalue weighted by atomic mass is 16.6. The molecule has 3 rings (SSSR count). The summed E-state index contributed by atoms with van der Waals surface area (Å²) in [6, 6.07) is 13.1. The van der Waals surface area contributed by atoms with Gasteiger partial charge in [0.25, 0.3) is 5.69 Å². The first kappa shape index (κ1) is 22.1. The Hall–Kier alpha value is -3.62. The maximum absolute atomic E-state index is 12.0. The number of nitro benzene ring substituents is 1. The Bertz CT molecular complexity index is 895. The van der Waals surface area contributed by atoms with Gasteiger partial charge in [-0.2, -0.15) is 5.10 Å².